The predicted octanol–water partition coefficient (Wildman–Crippen LogP) is 2.32. The summed E-state index contributed by atoms with van der Waals surface area (Å²) in [5.41, 5.74) is -0.0853. The van der Waals surface area contributed by atoms with Crippen LogP contribution in [0.2, 0.25) is 0 Å². The lowest BCUT2D eigenvalue weighted by molar-refractivity contribution is 0.0649. The van der Waals surface area contributed by atoms with Gasteiger partial charge in [0.25, 0.3) is 16.8 Å². The van der Waals surface area contributed by atoms with E-state index >= 15 is 0 Å². The van der Waals surface area contributed by atoms with Crippen molar-refractivity contribution < 1.29 is 9.90 Å². The summed E-state index contributed by atoms with van der Waals surface area (Å²) in [5.74, 6) is -0.497. The molecule has 0 radical (unpaired) electrons. The number of nitrogens with one attached hydrogen (secondary N) is 2. The molecule has 4 rings (SSSR count). The minimum Gasteiger partial charge on any atom is -0.505 e. The van der Waals surface area contributed by atoms with Gasteiger partial charge >= 0.3 is 0 Å². The Morgan fingerprint density at radius 2 is 1.56 bits per heavy atom. The molecular weight excluding hydrogens is 346 g/mol. The SMILES string of the molecule is O=C(c1cccc(Nc2c(Nc3ccccc3)c(=O)c2=O)c1O)N1CCC1. The average molecular weight is 363 g/mol. The normalized spacial score (nSPS) is 13.3. The third-order valence-corrected chi connectivity index (χ3v) is 4.62. The Kier molecular flexibility index (Phi) is 4.12. The van der Waals surface area contributed by atoms with Gasteiger partial charge in [-0.2, -0.15) is 0 Å². The van der Waals surface area contributed by atoms with Gasteiger partial charge in [0.1, 0.15) is 11.4 Å². The summed E-state index contributed by atoms with van der Waals surface area (Å²) in [6.45, 7) is 1.33. The maximum absolute atomic E-state index is 12.4. The third-order valence-electron chi connectivity index (χ3n) is 4.62. The minimum absolute atomic E-state index is 0.0627. The van der Waals surface area contributed by atoms with E-state index in [9.17, 15) is 19.5 Å². The Hall–Kier alpha value is -3.61. The molecular formula is C20H17N3O4. The molecule has 1 aliphatic heterocycles. The quantitative estimate of drug-likeness (QED) is 0.475. The molecule has 0 aliphatic carbocycles. The van der Waals surface area contributed by atoms with Crippen molar-refractivity contribution in [3.8, 4) is 5.75 Å². The summed E-state index contributed by atoms with van der Waals surface area (Å²) in [6.07, 6.45) is 0.947. The molecule has 0 aromatic heterocycles. The lowest BCUT2D eigenvalue weighted by Crippen LogP contribution is -2.42. The number of anilines is 4. The molecule has 1 fully saturated rings. The zero-order valence-corrected chi connectivity index (χ0v) is 14.4. The minimum atomic E-state index is -0.674. The summed E-state index contributed by atoms with van der Waals surface area (Å²) < 4.78 is 0. The molecule has 7 heteroatoms. The van der Waals surface area contributed by atoms with Gasteiger partial charge in [0.05, 0.1) is 11.3 Å². The van der Waals surface area contributed by atoms with Gasteiger partial charge < -0.3 is 20.6 Å². The fourth-order valence-corrected chi connectivity index (χ4v) is 2.94. The Morgan fingerprint density at radius 1 is 0.889 bits per heavy atom. The van der Waals surface area contributed by atoms with Crippen molar-refractivity contribution in [1.29, 1.82) is 0 Å². The second kappa shape index (κ2) is 6.60. The van der Waals surface area contributed by atoms with Crippen LogP contribution in [0.1, 0.15) is 16.8 Å². The summed E-state index contributed by atoms with van der Waals surface area (Å²) in [6, 6.07) is 13.7. The topological polar surface area (TPSA) is 98.7 Å². The highest BCUT2D eigenvalue weighted by Gasteiger charge is 2.26. The number of hydrogen-bond donors (Lipinski definition) is 3. The first-order chi connectivity index (χ1) is 13.1. The number of likely N-dealkylation sites (tertiary alicyclic amines) is 1. The van der Waals surface area contributed by atoms with Crippen molar-refractivity contribution in [1.82, 2.24) is 4.90 Å². The zero-order chi connectivity index (χ0) is 19.0. The third kappa shape index (κ3) is 2.93. The van der Waals surface area contributed by atoms with Gasteiger partial charge in [-0.05, 0) is 30.7 Å². The van der Waals surface area contributed by atoms with Crippen molar-refractivity contribution >= 4 is 28.7 Å². The molecule has 1 saturated heterocycles. The number of para-hydroxylation sites is 2. The number of phenols is 1. The number of carbonyl (C=O) groups excluding carboxylic acids is 1. The highest BCUT2D eigenvalue weighted by Crippen LogP contribution is 2.33. The maximum atomic E-state index is 12.4. The zero-order valence-electron chi connectivity index (χ0n) is 14.4. The number of benzene rings is 2. The fraction of sp³-hybridized carbons (Fsp3) is 0.150. The molecule has 136 valence electrons. The van der Waals surface area contributed by atoms with Crippen LogP contribution in [0.25, 0.3) is 0 Å². The Morgan fingerprint density at radius 3 is 2.19 bits per heavy atom. The van der Waals surface area contributed by atoms with Crippen molar-refractivity contribution in [2.75, 3.05) is 23.7 Å². The van der Waals surface area contributed by atoms with Crippen LogP contribution in [0.4, 0.5) is 22.7 Å². The van der Waals surface area contributed by atoms with Crippen LogP contribution in [0.5, 0.6) is 5.75 Å². The molecule has 1 amide bonds. The van der Waals surface area contributed by atoms with Crippen molar-refractivity contribution in [2.24, 2.45) is 0 Å². The van der Waals surface area contributed by atoms with Gasteiger partial charge in [0.15, 0.2) is 5.75 Å². The highest BCUT2D eigenvalue weighted by atomic mass is 16.3. The fourth-order valence-electron chi connectivity index (χ4n) is 2.94. The van der Waals surface area contributed by atoms with Crippen LogP contribution in [-0.2, 0) is 0 Å². The molecule has 7 nitrogen and oxygen atoms in total. The highest BCUT2D eigenvalue weighted by molar-refractivity contribution is 5.99. The van der Waals surface area contributed by atoms with E-state index in [4.69, 9.17) is 0 Å². The molecule has 27 heavy (non-hydrogen) atoms. The average Bonchev–Trinajstić information content (AvgIpc) is 2.64. The standard InChI is InChI=1S/C20H17N3O4/c24-17-13(20(27)23-10-5-11-23)8-4-9-14(17)22-16-15(18(25)19(16)26)21-12-6-2-1-3-7-12/h1-4,6-9,21-22,24H,5,10-11H2. The first-order valence-electron chi connectivity index (χ1n) is 8.60. The van der Waals surface area contributed by atoms with Crippen LogP contribution in [0.15, 0.2) is 58.1 Å². The molecule has 3 aromatic rings. The van der Waals surface area contributed by atoms with E-state index < -0.39 is 10.9 Å². The second-order valence-electron chi connectivity index (χ2n) is 6.37. The largest absolute Gasteiger partial charge is 0.505 e. The van der Waals surface area contributed by atoms with E-state index in [0.717, 1.165) is 6.42 Å². The summed E-state index contributed by atoms with van der Waals surface area (Å²) in [7, 11) is 0. The molecule has 0 unspecified atom stereocenters. The van der Waals surface area contributed by atoms with E-state index in [2.05, 4.69) is 10.6 Å². The van der Waals surface area contributed by atoms with Gasteiger partial charge in [0.2, 0.25) is 0 Å². The predicted molar refractivity (Wildman–Crippen MR) is 103 cm³/mol. The van der Waals surface area contributed by atoms with E-state index in [1.165, 1.54) is 6.07 Å². The smallest absolute Gasteiger partial charge is 0.257 e. The lowest BCUT2D eigenvalue weighted by Gasteiger charge is -2.31. The van der Waals surface area contributed by atoms with E-state index in [0.29, 0.717) is 18.8 Å². The molecule has 0 bridgehead atoms. The monoisotopic (exact) mass is 363 g/mol. The number of aromatic hydroxyl groups is 1. The van der Waals surface area contributed by atoms with Crippen molar-refractivity contribution in [3.63, 3.8) is 0 Å². The molecule has 0 spiro atoms. The molecule has 3 aromatic carbocycles. The number of nitrogens with zero attached hydrogens (tertiary/aromatic N) is 1. The van der Waals surface area contributed by atoms with E-state index in [1.54, 1.807) is 41.3 Å². The summed E-state index contributed by atoms with van der Waals surface area (Å²) in [5, 5.41) is 16.2. The Balaban J connectivity index is 1.62. The van der Waals surface area contributed by atoms with E-state index in [-0.39, 0.29) is 34.3 Å². The van der Waals surface area contributed by atoms with Crippen LogP contribution < -0.4 is 21.5 Å². The maximum Gasteiger partial charge on any atom is 0.257 e. The molecule has 0 saturated carbocycles. The summed E-state index contributed by atoms with van der Waals surface area (Å²) in [4.78, 5) is 37.9. The number of phenolic OH excluding ortho intramolecular Hbond substituents is 1. The van der Waals surface area contributed by atoms with Crippen LogP contribution in [0.3, 0.4) is 0 Å². The number of rotatable bonds is 5. The Bertz CT molecular complexity index is 1080. The van der Waals surface area contributed by atoms with Crippen molar-refractivity contribution in [3.05, 3.63) is 74.5 Å². The number of carbonyl (C=O) groups is 1. The summed E-state index contributed by atoms with van der Waals surface area (Å²) >= 11 is 0. The van der Waals surface area contributed by atoms with Gasteiger partial charge in [-0.25, -0.2) is 0 Å². The number of amides is 1. The second-order valence-corrected chi connectivity index (χ2v) is 6.37. The molecule has 1 heterocycles. The number of hydrogen-bond acceptors (Lipinski definition) is 6. The first kappa shape index (κ1) is 16.8. The molecule has 1 aliphatic rings. The van der Waals surface area contributed by atoms with Gasteiger partial charge in [-0.1, -0.05) is 24.3 Å². The van der Waals surface area contributed by atoms with E-state index in [1.807, 2.05) is 6.07 Å². The van der Waals surface area contributed by atoms with Crippen molar-refractivity contribution in [2.45, 2.75) is 6.42 Å². The Labute approximate surface area is 154 Å². The molecule has 3 N–H and O–H groups in total. The van der Waals surface area contributed by atoms with Crippen LogP contribution in [0, 0.1) is 0 Å². The van der Waals surface area contributed by atoms with Gasteiger partial charge in [0, 0.05) is 18.8 Å². The van der Waals surface area contributed by atoms with Gasteiger partial charge in [-0.3, -0.25) is 14.4 Å². The van der Waals surface area contributed by atoms with Crippen LogP contribution >= 0.6 is 0 Å². The van der Waals surface area contributed by atoms with Gasteiger partial charge in [-0.15, -0.1) is 0 Å². The first-order valence-corrected chi connectivity index (χ1v) is 8.60. The lowest BCUT2D eigenvalue weighted by atomic mass is 10.1. The van der Waals surface area contributed by atoms with Crippen LogP contribution in [-0.4, -0.2) is 29.0 Å². The molecule has 0 atom stereocenters.